The molecule has 0 spiro atoms. The summed E-state index contributed by atoms with van der Waals surface area (Å²) in [7, 11) is 3.37. The maximum Gasteiger partial charge on any atom is 0.254 e. The Bertz CT molecular complexity index is 3220. The highest BCUT2D eigenvalue weighted by atomic mass is 19.1. The van der Waals surface area contributed by atoms with E-state index < -0.39 is 29.4 Å². The van der Waals surface area contributed by atoms with E-state index in [2.05, 4.69) is 54.5 Å². The Hall–Kier alpha value is -7.85. The fourth-order valence-corrected chi connectivity index (χ4v) is 12.1. The Balaban J connectivity index is 0.757. The lowest BCUT2D eigenvalue weighted by atomic mass is 9.83. The lowest BCUT2D eigenvalue weighted by molar-refractivity contribution is -0.147. The molecule has 9 rings (SSSR count). The van der Waals surface area contributed by atoms with Crippen LogP contribution in [0, 0.1) is 22.6 Å². The van der Waals surface area contributed by atoms with Gasteiger partial charge in [-0.05, 0) is 129 Å². The van der Waals surface area contributed by atoms with E-state index in [0.29, 0.717) is 77.6 Å². The van der Waals surface area contributed by atoms with Gasteiger partial charge >= 0.3 is 0 Å². The molecule has 5 amide bonds. The summed E-state index contributed by atoms with van der Waals surface area (Å²) in [5.74, 6) is -0.645. The summed E-state index contributed by atoms with van der Waals surface area (Å²) >= 11 is 0. The fourth-order valence-electron chi connectivity index (χ4n) is 12.1. The lowest BCUT2D eigenvalue weighted by Gasteiger charge is -2.41. The summed E-state index contributed by atoms with van der Waals surface area (Å²) in [5.41, 5.74) is 13.6. The second-order valence-electron chi connectivity index (χ2n) is 23.5. The van der Waals surface area contributed by atoms with Crippen LogP contribution in [0.2, 0.25) is 0 Å². The van der Waals surface area contributed by atoms with Crippen LogP contribution in [-0.4, -0.2) is 106 Å². The predicted octanol–water partition coefficient (Wildman–Crippen LogP) is 7.98. The number of aromatic nitrogens is 3. The van der Waals surface area contributed by atoms with Crippen molar-refractivity contribution >= 4 is 41.0 Å². The van der Waals surface area contributed by atoms with Gasteiger partial charge < -0.3 is 46.4 Å². The van der Waals surface area contributed by atoms with E-state index in [4.69, 9.17) is 10.5 Å². The lowest BCUT2D eigenvalue weighted by Crippen LogP contribution is -2.62. The molecule has 2 bridgehead atoms. The zero-order valence-corrected chi connectivity index (χ0v) is 48.3. The standard InChI is InChI=1S/C63H79FN12O6/c1-39(67-5)59(78)71-57(63(2,3)4)62(81)75-37-43-31-45(25-23-41(43)32-53(75)60(79)70-49-20-15-18-40-17-12-13-19-46(40)49)82-30-14-10-8-7-9-11-22-55(77)68-27-29-76-54-38-73(6)61(80)47-26-24-44(64)34-48(47)51-21-16-28-74(51)52-33-42(36-69-58(52)66)56(54)50(35-65)72-76/h12-13,17,19,23-26,31,33-34,36,39,49,51,53,57,67H,7-11,14-16,18,20-22,27-30,32,37-38H2,1-6H3,(H2,66,69)(H,68,77)(H,70,79)(H,71,78)/t39-,49+,51+,53-,57?/m0/s1. The SMILES string of the molecule is CN[C@@H](C)C(=O)NC(C(=O)N1Cc2cc(OCCCCCCCCC(=O)NCCn3nc(C#N)c4c3CN(C)C(=O)c3ccc(F)cc3[C@H]3CCCN3c3cc-4cnc3N)ccc2C[C@H]1C(=O)N[C@@H]1CCCc2ccccc21)C(C)(C)C. The highest BCUT2D eigenvalue weighted by Gasteiger charge is 2.43. The number of nitrogens with one attached hydrogen (secondary N) is 4. The van der Waals surface area contributed by atoms with Crippen LogP contribution in [0.4, 0.5) is 15.9 Å². The number of nitrogens with zero attached hydrogens (tertiary/aromatic N) is 7. The number of carbonyl (C=O) groups excluding carboxylic acids is 5. The van der Waals surface area contributed by atoms with E-state index in [1.165, 1.54) is 23.8 Å². The number of benzene rings is 3. The van der Waals surface area contributed by atoms with Crippen LogP contribution in [-0.2, 0) is 51.7 Å². The Labute approximate surface area is 480 Å². The zero-order valence-electron chi connectivity index (χ0n) is 48.3. The molecule has 1 saturated heterocycles. The highest BCUT2D eigenvalue weighted by molar-refractivity contribution is 5.97. The molecule has 2 aromatic heterocycles. The first kappa shape index (κ1) is 58.8. The van der Waals surface area contributed by atoms with E-state index in [1.807, 2.05) is 57.2 Å². The molecular formula is C63H79FN12O6. The molecule has 4 aliphatic rings. The minimum Gasteiger partial charge on any atom is -0.494 e. The number of fused-ring (bicyclic) bond motifs is 10. The number of ether oxygens (including phenoxy) is 1. The first-order valence-corrected chi connectivity index (χ1v) is 29.2. The number of rotatable bonds is 19. The second kappa shape index (κ2) is 25.9. The topological polar surface area (TPSA) is 233 Å². The average Bonchev–Trinajstić information content (AvgIpc) is 3.66. The molecule has 3 aliphatic heterocycles. The second-order valence-corrected chi connectivity index (χ2v) is 23.5. The van der Waals surface area contributed by atoms with Crippen LogP contribution in [0.1, 0.15) is 160 Å². The minimum absolute atomic E-state index is 0.0867. The molecule has 1 unspecified atom stereocenters. The predicted molar refractivity (Wildman–Crippen MR) is 312 cm³/mol. The smallest absolute Gasteiger partial charge is 0.254 e. The van der Waals surface area contributed by atoms with E-state index in [9.17, 15) is 33.6 Å². The van der Waals surface area contributed by atoms with Crippen LogP contribution in [0.5, 0.6) is 5.75 Å². The van der Waals surface area contributed by atoms with Crippen molar-refractivity contribution in [1.82, 2.24) is 45.8 Å². The van der Waals surface area contributed by atoms with Crippen molar-refractivity contribution in [3.63, 3.8) is 0 Å². The normalized spacial score (nSPS) is 18.2. The van der Waals surface area contributed by atoms with E-state index in [-0.39, 0.29) is 73.5 Å². The molecule has 6 N–H and O–H groups in total. The first-order chi connectivity index (χ1) is 39.4. The third-order valence-electron chi connectivity index (χ3n) is 16.8. The van der Waals surface area contributed by atoms with Gasteiger partial charge in [0.05, 0.1) is 49.2 Å². The summed E-state index contributed by atoms with van der Waals surface area (Å²) in [5, 5.41) is 27.3. The van der Waals surface area contributed by atoms with Gasteiger partial charge in [0.25, 0.3) is 5.91 Å². The summed E-state index contributed by atoms with van der Waals surface area (Å²) in [6, 6.07) is 19.9. The van der Waals surface area contributed by atoms with E-state index in [1.54, 1.807) is 41.7 Å². The number of hydrogen-bond donors (Lipinski definition) is 5. The van der Waals surface area contributed by atoms with E-state index in [0.717, 1.165) is 80.9 Å². The average molecular weight is 1120 g/mol. The summed E-state index contributed by atoms with van der Waals surface area (Å²) < 4.78 is 22.8. The summed E-state index contributed by atoms with van der Waals surface area (Å²) in [6.45, 7) is 9.41. The van der Waals surface area contributed by atoms with Crippen molar-refractivity contribution in [3.8, 4) is 22.9 Å². The molecule has 5 heterocycles. The maximum atomic E-state index is 14.8. The number of pyridine rings is 1. The van der Waals surface area contributed by atoms with Crippen molar-refractivity contribution in [2.24, 2.45) is 5.41 Å². The van der Waals surface area contributed by atoms with Gasteiger partial charge in [-0.2, -0.15) is 10.4 Å². The minimum atomic E-state index is -0.881. The Kier molecular flexibility index (Phi) is 18.6. The molecule has 0 radical (unpaired) electrons. The third kappa shape index (κ3) is 13.2. The number of anilines is 2. The quantitative estimate of drug-likeness (QED) is 0.0496. The molecule has 82 heavy (non-hydrogen) atoms. The van der Waals surface area contributed by atoms with Crippen molar-refractivity contribution in [2.45, 2.75) is 161 Å². The van der Waals surface area contributed by atoms with Gasteiger partial charge in [0, 0.05) is 62.4 Å². The number of nitrogen functional groups attached to an aromatic ring is 1. The molecule has 3 aromatic carbocycles. The molecule has 434 valence electrons. The number of nitriles is 1. The number of carbonyl (C=O) groups is 5. The van der Waals surface area contributed by atoms with Gasteiger partial charge in [-0.1, -0.05) is 76.8 Å². The van der Waals surface area contributed by atoms with Crippen molar-refractivity contribution in [1.29, 1.82) is 5.26 Å². The molecule has 18 nitrogen and oxygen atoms in total. The molecular weight excluding hydrogens is 1040 g/mol. The van der Waals surface area contributed by atoms with Crippen molar-refractivity contribution < 1.29 is 33.1 Å². The Morgan fingerprint density at radius 2 is 1.71 bits per heavy atom. The van der Waals surface area contributed by atoms with Gasteiger partial charge in [0.2, 0.25) is 23.6 Å². The van der Waals surface area contributed by atoms with Gasteiger partial charge in [0.15, 0.2) is 5.69 Å². The largest absolute Gasteiger partial charge is 0.494 e. The first-order valence-electron chi connectivity index (χ1n) is 29.2. The number of halogens is 1. The van der Waals surface area contributed by atoms with Crippen LogP contribution in [0.15, 0.2) is 72.9 Å². The number of unbranched alkanes of at least 4 members (excludes halogenated alkanes) is 5. The molecule has 5 atom stereocenters. The number of nitrogens with two attached hydrogens (primary N) is 1. The molecule has 19 heteroatoms. The van der Waals surface area contributed by atoms with Gasteiger partial charge in [-0.15, -0.1) is 0 Å². The fraction of sp³-hybridized carbons (Fsp3) is 0.492. The molecule has 1 aliphatic carbocycles. The summed E-state index contributed by atoms with van der Waals surface area (Å²) in [4.78, 5) is 79.5. The van der Waals surface area contributed by atoms with E-state index >= 15 is 0 Å². The van der Waals surface area contributed by atoms with Crippen LogP contribution in [0.3, 0.4) is 0 Å². The zero-order chi connectivity index (χ0) is 58.2. The van der Waals surface area contributed by atoms with Gasteiger partial charge in [-0.3, -0.25) is 28.7 Å². The van der Waals surface area contributed by atoms with Crippen molar-refractivity contribution in [3.05, 3.63) is 124 Å². The monoisotopic (exact) mass is 1120 g/mol. The van der Waals surface area contributed by atoms with Crippen LogP contribution in [0.25, 0.3) is 11.1 Å². The third-order valence-corrected chi connectivity index (χ3v) is 16.8. The van der Waals surface area contributed by atoms with Gasteiger partial charge in [-0.25, -0.2) is 9.37 Å². The highest BCUT2D eigenvalue weighted by Crippen LogP contribution is 2.43. The molecule has 5 aromatic rings. The summed E-state index contributed by atoms with van der Waals surface area (Å²) in [6.07, 6.45) is 11.9. The van der Waals surface area contributed by atoms with Crippen LogP contribution < -0.4 is 36.6 Å². The van der Waals surface area contributed by atoms with Crippen molar-refractivity contribution in [2.75, 3.05) is 44.4 Å². The Morgan fingerprint density at radius 1 is 0.927 bits per heavy atom. The van der Waals surface area contributed by atoms with Gasteiger partial charge in [0.1, 0.15) is 35.5 Å². The molecule has 0 saturated carbocycles. The molecule has 1 fully saturated rings. The number of hydrogen-bond acceptors (Lipinski definition) is 12. The maximum absolute atomic E-state index is 14.8. The number of amides is 5. The Morgan fingerprint density at radius 3 is 2.49 bits per heavy atom. The number of aryl methyl sites for hydroxylation is 1. The van der Waals surface area contributed by atoms with Crippen LogP contribution >= 0.6 is 0 Å². The number of likely N-dealkylation sites (N-methyl/N-ethyl adjacent to an activating group) is 1.